The SMILES string of the molecule is C[C@H](Sc1nc2ccccc2c(=O)n1-c1ncn[nH]1)C(=O)NCc1ccco1. The molecule has 0 bridgehead atoms. The van der Waals surface area contributed by atoms with Gasteiger partial charge in [-0.15, -0.1) is 0 Å². The number of para-hydroxylation sites is 1. The van der Waals surface area contributed by atoms with E-state index < -0.39 is 5.25 Å². The number of fused-ring (bicyclic) bond motifs is 1. The van der Waals surface area contributed by atoms with E-state index in [-0.39, 0.29) is 24.0 Å². The summed E-state index contributed by atoms with van der Waals surface area (Å²) in [5.74, 6) is 0.704. The maximum absolute atomic E-state index is 13.0. The van der Waals surface area contributed by atoms with E-state index in [1.165, 1.54) is 10.9 Å². The summed E-state index contributed by atoms with van der Waals surface area (Å²) < 4.78 is 6.54. The minimum Gasteiger partial charge on any atom is -0.467 e. The zero-order valence-electron chi connectivity index (χ0n) is 14.8. The second-order valence-electron chi connectivity index (χ2n) is 5.92. The summed E-state index contributed by atoms with van der Waals surface area (Å²) in [6.45, 7) is 2.03. The molecule has 0 saturated heterocycles. The number of aromatic nitrogens is 5. The van der Waals surface area contributed by atoms with Gasteiger partial charge in [-0.1, -0.05) is 23.9 Å². The molecule has 142 valence electrons. The number of aromatic amines is 1. The first kappa shape index (κ1) is 18.0. The van der Waals surface area contributed by atoms with Gasteiger partial charge in [0, 0.05) is 0 Å². The van der Waals surface area contributed by atoms with E-state index in [1.54, 1.807) is 43.5 Å². The number of hydrogen-bond donors (Lipinski definition) is 2. The first-order chi connectivity index (χ1) is 13.6. The number of hydrogen-bond acceptors (Lipinski definition) is 7. The van der Waals surface area contributed by atoms with Crippen molar-refractivity contribution in [2.24, 2.45) is 0 Å². The molecule has 0 saturated carbocycles. The molecule has 0 aliphatic heterocycles. The highest BCUT2D eigenvalue weighted by Crippen LogP contribution is 2.24. The lowest BCUT2D eigenvalue weighted by atomic mass is 10.2. The molecule has 10 heteroatoms. The van der Waals surface area contributed by atoms with E-state index in [1.807, 2.05) is 6.07 Å². The number of rotatable bonds is 6. The monoisotopic (exact) mass is 396 g/mol. The van der Waals surface area contributed by atoms with Gasteiger partial charge in [-0.05, 0) is 31.2 Å². The summed E-state index contributed by atoms with van der Waals surface area (Å²) >= 11 is 1.16. The van der Waals surface area contributed by atoms with Gasteiger partial charge in [0.15, 0.2) is 5.16 Å². The van der Waals surface area contributed by atoms with Crippen molar-refractivity contribution in [2.45, 2.75) is 23.9 Å². The minimum atomic E-state index is -0.503. The van der Waals surface area contributed by atoms with Gasteiger partial charge in [0.2, 0.25) is 11.9 Å². The van der Waals surface area contributed by atoms with Crippen molar-refractivity contribution in [3.63, 3.8) is 0 Å². The molecule has 4 rings (SSSR count). The average Bonchev–Trinajstić information content (AvgIpc) is 3.40. The van der Waals surface area contributed by atoms with Crippen molar-refractivity contribution in [1.29, 1.82) is 0 Å². The molecule has 4 aromatic rings. The number of amides is 1. The van der Waals surface area contributed by atoms with Crippen LogP contribution < -0.4 is 10.9 Å². The quantitative estimate of drug-likeness (QED) is 0.377. The van der Waals surface area contributed by atoms with Crippen LogP contribution in [0.5, 0.6) is 0 Å². The third kappa shape index (κ3) is 3.54. The smallest absolute Gasteiger partial charge is 0.269 e. The molecule has 3 aromatic heterocycles. The Labute approximate surface area is 163 Å². The number of carbonyl (C=O) groups excluding carboxylic acids is 1. The van der Waals surface area contributed by atoms with Crippen molar-refractivity contribution in [1.82, 2.24) is 30.0 Å². The molecule has 0 spiro atoms. The van der Waals surface area contributed by atoms with Gasteiger partial charge in [-0.25, -0.2) is 14.6 Å². The second-order valence-corrected chi connectivity index (χ2v) is 7.23. The van der Waals surface area contributed by atoms with Gasteiger partial charge < -0.3 is 9.73 Å². The van der Waals surface area contributed by atoms with Crippen molar-refractivity contribution < 1.29 is 9.21 Å². The van der Waals surface area contributed by atoms with Gasteiger partial charge in [0.1, 0.15) is 12.1 Å². The molecule has 28 heavy (non-hydrogen) atoms. The molecule has 0 unspecified atom stereocenters. The van der Waals surface area contributed by atoms with Crippen molar-refractivity contribution in [3.8, 4) is 5.95 Å². The van der Waals surface area contributed by atoms with Gasteiger partial charge >= 0.3 is 0 Å². The van der Waals surface area contributed by atoms with E-state index in [2.05, 4.69) is 25.5 Å². The Kier molecular flexibility index (Phi) is 4.94. The third-order valence-corrected chi connectivity index (χ3v) is 5.08. The lowest BCUT2D eigenvalue weighted by molar-refractivity contribution is -0.120. The van der Waals surface area contributed by atoms with E-state index in [0.29, 0.717) is 21.8 Å². The van der Waals surface area contributed by atoms with Crippen molar-refractivity contribution in [3.05, 3.63) is 65.1 Å². The van der Waals surface area contributed by atoms with Gasteiger partial charge in [0.25, 0.3) is 5.56 Å². The topological polar surface area (TPSA) is 119 Å². The van der Waals surface area contributed by atoms with Crippen LogP contribution in [0.25, 0.3) is 16.9 Å². The van der Waals surface area contributed by atoms with E-state index in [0.717, 1.165) is 11.8 Å². The van der Waals surface area contributed by atoms with Crippen molar-refractivity contribution in [2.75, 3.05) is 0 Å². The van der Waals surface area contributed by atoms with Gasteiger partial charge in [0.05, 0.1) is 29.0 Å². The molecule has 0 fully saturated rings. The van der Waals surface area contributed by atoms with E-state index in [4.69, 9.17) is 4.42 Å². The Hall–Kier alpha value is -3.40. The predicted molar refractivity (Wildman–Crippen MR) is 103 cm³/mol. The molecule has 0 radical (unpaired) electrons. The Morgan fingerprint density at radius 1 is 1.32 bits per heavy atom. The molecule has 0 aliphatic rings. The van der Waals surface area contributed by atoms with Crippen LogP contribution in [0.15, 0.2) is 63.4 Å². The molecule has 0 aliphatic carbocycles. The number of benzene rings is 1. The summed E-state index contributed by atoms with van der Waals surface area (Å²) in [7, 11) is 0. The standard InChI is InChI=1S/C18H16N6O3S/c1-11(15(25)19-9-12-5-4-8-27-12)28-18-22-14-7-3-2-6-13(14)16(26)24(18)17-20-10-21-23-17/h2-8,10-11H,9H2,1H3,(H,19,25)(H,20,21,23)/t11-/m0/s1. The first-order valence-electron chi connectivity index (χ1n) is 8.48. The first-order valence-corrected chi connectivity index (χ1v) is 9.36. The molecule has 3 heterocycles. The van der Waals surface area contributed by atoms with Crippen LogP contribution in [-0.4, -0.2) is 35.9 Å². The fourth-order valence-corrected chi connectivity index (χ4v) is 3.56. The number of furan rings is 1. The summed E-state index contributed by atoms with van der Waals surface area (Å²) in [6, 6.07) is 10.6. The molecule has 9 nitrogen and oxygen atoms in total. The number of nitrogens with one attached hydrogen (secondary N) is 2. The van der Waals surface area contributed by atoms with Crippen LogP contribution in [0.1, 0.15) is 12.7 Å². The molecule has 1 amide bonds. The highest BCUT2D eigenvalue weighted by Gasteiger charge is 2.21. The molecular formula is C18H16N6O3S. The Morgan fingerprint density at radius 3 is 2.93 bits per heavy atom. The number of H-pyrrole nitrogens is 1. The highest BCUT2D eigenvalue weighted by molar-refractivity contribution is 8.00. The van der Waals surface area contributed by atoms with Gasteiger partial charge in [-0.2, -0.15) is 10.1 Å². The zero-order chi connectivity index (χ0) is 19.5. The van der Waals surface area contributed by atoms with Gasteiger partial charge in [-0.3, -0.25) is 9.59 Å². The molecule has 2 N–H and O–H groups in total. The molecule has 1 atom stereocenters. The predicted octanol–water partition coefficient (Wildman–Crippen LogP) is 1.89. The minimum absolute atomic E-state index is 0.201. The maximum atomic E-state index is 13.0. The fraction of sp³-hybridized carbons (Fsp3) is 0.167. The van der Waals surface area contributed by atoms with Crippen LogP contribution in [0.2, 0.25) is 0 Å². The summed E-state index contributed by atoms with van der Waals surface area (Å²) in [6.07, 6.45) is 2.86. The van der Waals surface area contributed by atoms with Crippen LogP contribution in [0.3, 0.4) is 0 Å². The van der Waals surface area contributed by atoms with Crippen LogP contribution in [0, 0.1) is 0 Å². The Balaban J connectivity index is 1.64. The second kappa shape index (κ2) is 7.69. The maximum Gasteiger partial charge on any atom is 0.269 e. The normalized spacial score (nSPS) is 12.2. The van der Waals surface area contributed by atoms with Crippen molar-refractivity contribution >= 4 is 28.6 Å². The lowest BCUT2D eigenvalue weighted by Gasteiger charge is -2.14. The molecule has 1 aromatic carbocycles. The van der Waals surface area contributed by atoms with E-state index >= 15 is 0 Å². The Bertz CT molecular complexity index is 1150. The zero-order valence-corrected chi connectivity index (χ0v) is 15.6. The summed E-state index contributed by atoms with van der Waals surface area (Å²) in [5, 5.41) is 9.60. The summed E-state index contributed by atoms with van der Waals surface area (Å²) in [4.78, 5) is 34.1. The summed E-state index contributed by atoms with van der Waals surface area (Å²) in [5.41, 5.74) is 0.266. The number of carbonyl (C=O) groups is 1. The van der Waals surface area contributed by atoms with Crippen LogP contribution >= 0.6 is 11.8 Å². The van der Waals surface area contributed by atoms with Crippen LogP contribution in [0.4, 0.5) is 0 Å². The average molecular weight is 396 g/mol. The fourth-order valence-electron chi connectivity index (χ4n) is 2.63. The van der Waals surface area contributed by atoms with E-state index in [9.17, 15) is 9.59 Å². The largest absolute Gasteiger partial charge is 0.467 e. The number of thioether (sulfide) groups is 1. The number of nitrogens with zero attached hydrogens (tertiary/aromatic N) is 4. The third-order valence-electron chi connectivity index (χ3n) is 4.03. The molecular weight excluding hydrogens is 380 g/mol. The lowest BCUT2D eigenvalue weighted by Crippen LogP contribution is -2.31. The van der Waals surface area contributed by atoms with Crippen LogP contribution in [-0.2, 0) is 11.3 Å². The highest BCUT2D eigenvalue weighted by atomic mass is 32.2. The Morgan fingerprint density at radius 2 is 2.18 bits per heavy atom.